The van der Waals surface area contributed by atoms with Crippen LogP contribution >= 0.6 is 0 Å². The van der Waals surface area contributed by atoms with E-state index in [2.05, 4.69) is 25.9 Å². The zero-order valence-corrected chi connectivity index (χ0v) is 8.72. The number of aromatic nitrogens is 4. The molecule has 0 radical (unpaired) electrons. The Morgan fingerprint density at radius 2 is 2.13 bits per heavy atom. The molecule has 1 aromatic heterocycles. The molecule has 0 bridgehead atoms. The lowest BCUT2D eigenvalue weighted by molar-refractivity contribution is -0.117. The topological polar surface area (TPSA) is 102 Å². The van der Waals surface area contributed by atoms with Crippen LogP contribution in [0.25, 0.3) is 0 Å². The number of hydrogen-bond donors (Lipinski definition) is 2. The second-order valence-corrected chi connectivity index (χ2v) is 2.84. The van der Waals surface area contributed by atoms with E-state index >= 15 is 0 Å². The van der Waals surface area contributed by atoms with Crippen molar-refractivity contribution in [3.05, 3.63) is 5.82 Å². The average Bonchev–Trinajstić information content (AvgIpc) is 2.72. The van der Waals surface area contributed by atoms with Crippen LogP contribution in [-0.4, -0.2) is 53.1 Å². The van der Waals surface area contributed by atoms with Gasteiger partial charge in [0.1, 0.15) is 0 Å². The van der Waals surface area contributed by atoms with Gasteiger partial charge in [-0.1, -0.05) is 0 Å². The molecule has 1 unspecified atom stereocenters. The van der Waals surface area contributed by atoms with Crippen molar-refractivity contribution in [2.45, 2.75) is 19.3 Å². The first-order chi connectivity index (χ1) is 7.19. The van der Waals surface area contributed by atoms with Gasteiger partial charge in [-0.05, 0) is 12.1 Å². The number of nitrogens with one attached hydrogen (secondary N) is 2. The Kier molecular flexibility index (Phi) is 4.13. The van der Waals surface area contributed by atoms with Gasteiger partial charge in [0.15, 0.2) is 6.29 Å². The maximum Gasteiger partial charge on any atom is 0.293 e. The van der Waals surface area contributed by atoms with Gasteiger partial charge in [0.2, 0.25) is 0 Å². The smallest absolute Gasteiger partial charge is 0.293 e. The highest BCUT2D eigenvalue weighted by Crippen LogP contribution is 1.99. The number of tetrazole rings is 1. The SMILES string of the molecule is COC(OC)C(C)NC(=O)c1nn[nH]n1. The number of carbonyl (C=O) groups is 1. The van der Waals surface area contributed by atoms with Gasteiger partial charge in [-0.15, -0.1) is 10.2 Å². The number of ether oxygens (including phenoxy) is 2. The van der Waals surface area contributed by atoms with Crippen LogP contribution in [0.1, 0.15) is 17.5 Å². The quantitative estimate of drug-likeness (QED) is 0.607. The third-order valence-corrected chi connectivity index (χ3v) is 1.78. The van der Waals surface area contributed by atoms with Crippen LogP contribution in [0.4, 0.5) is 0 Å². The van der Waals surface area contributed by atoms with Gasteiger partial charge < -0.3 is 14.8 Å². The second kappa shape index (κ2) is 5.37. The molecule has 1 aromatic rings. The summed E-state index contributed by atoms with van der Waals surface area (Å²) in [6, 6.07) is -0.314. The maximum absolute atomic E-state index is 11.4. The first-order valence-corrected chi connectivity index (χ1v) is 4.29. The molecule has 2 N–H and O–H groups in total. The molecule has 0 aliphatic carbocycles. The van der Waals surface area contributed by atoms with Crippen LogP contribution < -0.4 is 5.32 Å². The van der Waals surface area contributed by atoms with Crippen molar-refractivity contribution in [1.29, 1.82) is 0 Å². The van der Waals surface area contributed by atoms with Crippen LogP contribution in [0.2, 0.25) is 0 Å². The van der Waals surface area contributed by atoms with Crippen molar-refractivity contribution in [2.75, 3.05) is 14.2 Å². The number of methoxy groups -OCH3 is 2. The lowest BCUT2D eigenvalue weighted by atomic mass is 10.3. The van der Waals surface area contributed by atoms with Crippen LogP contribution in [0.5, 0.6) is 0 Å². The molecule has 1 atom stereocenters. The predicted octanol–water partition coefficient (Wildman–Crippen LogP) is -1.06. The molecule has 8 nitrogen and oxygen atoms in total. The minimum absolute atomic E-state index is 0.0205. The number of rotatable bonds is 5. The monoisotopic (exact) mass is 215 g/mol. The van der Waals surface area contributed by atoms with E-state index in [1.165, 1.54) is 14.2 Å². The van der Waals surface area contributed by atoms with Crippen molar-refractivity contribution in [1.82, 2.24) is 25.9 Å². The third-order valence-electron chi connectivity index (χ3n) is 1.78. The largest absolute Gasteiger partial charge is 0.354 e. The van der Waals surface area contributed by atoms with Gasteiger partial charge in [-0.25, -0.2) is 0 Å². The molecule has 8 heteroatoms. The molecule has 0 aliphatic rings. The summed E-state index contributed by atoms with van der Waals surface area (Å²) < 4.78 is 9.96. The molecule has 0 aliphatic heterocycles. The highest BCUT2D eigenvalue weighted by Gasteiger charge is 2.20. The van der Waals surface area contributed by atoms with E-state index in [0.29, 0.717) is 0 Å². The molecule has 0 saturated heterocycles. The van der Waals surface area contributed by atoms with Crippen LogP contribution in [-0.2, 0) is 9.47 Å². The van der Waals surface area contributed by atoms with Crippen molar-refractivity contribution >= 4 is 5.91 Å². The molecular weight excluding hydrogens is 202 g/mol. The van der Waals surface area contributed by atoms with Crippen LogP contribution in [0.3, 0.4) is 0 Å². The van der Waals surface area contributed by atoms with E-state index < -0.39 is 12.2 Å². The Balaban J connectivity index is 2.51. The highest BCUT2D eigenvalue weighted by atomic mass is 16.7. The molecule has 0 spiro atoms. The Morgan fingerprint density at radius 1 is 1.47 bits per heavy atom. The lowest BCUT2D eigenvalue weighted by Crippen LogP contribution is -2.43. The fourth-order valence-corrected chi connectivity index (χ4v) is 1.10. The Hall–Kier alpha value is -1.54. The summed E-state index contributed by atoms with van der Waals surface area (Å²) in [5, 5.41) is 15.2. The number of hydrogen-bond acceptors (Lipinski definition) is 6. The van der Waals surface area contributed by atoms with E-state index in [4.69, 9.17) is 9.47 Å². The fourth-order valence-electron chi connectivity index (χ4n) is 1.10. The highest BCUT2D eigenvalue weighted by molar-refractivity contribution is 5.90. The summed E-state index contributed by atoms with van der Waals surface area (Å²) >= 11 is 0. The van der Waals surface area contributed by atoms with Crippen molar-refractivity contribution < 1.29 is 14.3 Å². The predicted molar refractivity (Wildman–Crippen MR) is 48.9 cm³/mol. The summed E-state index contributed by atoms with van der Waals surface area (Å²) in [6.45, 7) is 1.75. The normalized spacial score (nSPS) is 12.8. The number of H-pyrrole nitrogens is 1. The first kappa shape index (κ1) is 11.5. The summed E-state index contributed by atoms with van der Waals surface area (Å²) in [4.78, 5) is 11.4. The molecular formula is C7H13N5O3. The van der Waals surface area contributed by atoms with Gasteiger partial charge in [-0.2, -0.15) is 5.21 Å². The lowest BCUT2D eigenvalue weighted by Gasteiger charge is -2.21. The van der Waals surface area contributed by atoms with E-state index in [9.17, 15) is 4.79 Å². The molecule has 0 fully saturated rings. The fraction of sp³-hybridized carbons (Fsp3) is 0.714. The number of nitrogens with zero attached hydrogens (tertiary/aromatic N) is 3. The molecule has 1 amide bonds. The van der Waals surface area contributed by atoms with E-state index in [1.807, 2.05) is 0 Å². The molecule has 0 aromatic carbocycles. The van der Waals surface area contributed by atoms with Crippen molar-refractivity contribution in [3.8, 4) is 0 Å². The van der Waals surface area contributed by atoms with Gasteiger partial charge in [0.25, 0.3) is 11.7 Å². The molecule has 1 rings (SSSR count). The molecule has 84 valence electrons. The van der Waals surface area contributed by atoms with E-state index in [0.717, 1.165) is 0 Å². The zero-order valence-electron chi connectivity index (χ0n) is 8.72. The first-order valence-electron chi connectivity index (χ1n) is 4.29. The number of amides is 1. The Morgan fingerprint density at radius 3 is 2.60 bits per heavy atom. The maximum atomic E-state index is 11.4. The van der Waals surface area contributed by atoms with Gasteiger partial charge >= 0.3 is 0 Å². The van der Waals surface area contributed by atoms with E-state index in [-0.39, 0.29) is 11.9 Å². The van der Waals surface area contributed by atoms with Gasteiger partial charge in [0.05, 0.1) is 6.04 Å². The second-order valence-electron chi connectivity index (χ2n) is 2.84. The van der Waals surface area contributed by atoms with Gasteiger partial charge in [0, 0.05) is 14.2 Å². The number of carbonyl (C=O) groups excluding carboxylic acids is 1. The van der Waals surface area contributed by atoms with Crippen LogP contribution in [0, 0.1) is 0 Å². The standard InChI is InChI=1S/C7H13N5O3/c1-4(7(14-2)15-3)8-6(13)5-9-11-12-10-5/h4,7H,1-3H3,(H,8,13)(H,9,10,11,12). The number of aromatic amines is 1. The van der Waals surface area contributed by atoms with Gasteiger partial charge in [-0.3, -0.25) is 4.79 Å². The minimum Gasteiger partial charge on any atom is -0.354 e. The average molecular weight is 215 g/mol. The summed E-state index contributed by atoms with van der Waals surface area (Å²) in [5.74, 6) is -0.455. The summed E-state index contributed by atoms with van der Waals surface area (Å²) in [6.07, 6.45) is -0.513. The Labute approximate surface area is 86.3 Å². The molecule has 0 saturated carbocycles. The Bertz CT molecular complexity index is 298. The third kappa shape index (κ3) is 2.96. The summed E-state index contributed by atoms with van der Waals surface area (Å²) in [5.41, 5.74) is 0. The minimum atomic E-state index is -0.513. The van der Waals surface area contributed by atoms with Crippen molar-refractivity contribution in [2.24, 2.45) is 0 Å². The van der Waals surface area contributed by atoms with Crippen LogP contribution in [0.15, 0.2) is 0 Å². The molecule has 15 heavy (non-hydrogen) atoms. The van der Waals surface area contributed by atoms with E-state index in [1.54, 1.807) is 6.92 Å². The zero-order chi connectivity index (χ0) is 11.3. The molecule has 1 heterocycles. The summed E-state index contributed by atoms with van der Waals surface area (Å²) in [7, 11) is 2.98. The van der Waals surface area contributed by atoms with Crippen molar-refractivity contribution in [3.63, 3.8) is 0 Å².